The molecule has 8 heteroatoms. The number of likely N-dealkylation sites (N-methyl/N-ethyl adjacent to an activating group) is 1. The van der Waals surface area contributed by atoms with Crippen LogP contribution in [0.25, 0.3) is 0 Å². The summed E-state index contributed by atoms with van der Waals surface area (Å²) >= 11 is 0. The topological polar surface area (TPSA) is 66.8 Å². The Morgan fingerprint density at radius 3 is 2.67 bits per heavy atom. The van der Waals surface area contributed by atoms with Crippen LogP contribution in [0.3, 0.4) is 0 Å². The van der Waals surface area contributed by atoms with Crippen LogP contribution in [0.1, 0.15) is 0 Å². The molecule has 1 aliphatic heterocycles. The molecule has 0 radical (unpaired) electrons. The molecule has 15 heavy (non-hydrogen) atoms. The van der Waals surface area contributed by atoms with Crippen LogP contribution in [0.4, 0.5) is 0 Å². The lowest BCUT2D eigenvalue weighted by atomic mass is 10.3. The van der Waals surface area contributed by atoms with E-state index in [0.717, 1.165) is 5.75 Å². The van der Waals surface area contributed by atoms with Crippen molar-refractivity contribution in [2.24, 2.45) is 0 Å². The zero-order valence-electron chi connectivity index (χ0n) is 8.21. The predicted octanol–water partition coefficient (Wildman–Crippen LogP) is 0.914. The molecule has 0 aromatic carbocycles. The molecule has 0 bridgehead atoms. The molecule has 1 aliphatic rings. The first kappa shape index (κ1) is 13.0. The van der Waals surface area contributed by atoms with E-state index < -0.39 is 17.4 Å². The second-order valence-corrected chi connectivity index (χ2v) is 7.34. The second kappa shape index (κ2) is 5.88. The smallest absolute Gasteiger partial charge is 0.418 e. The minimum atomic E-state index is -1.55. The first-order valence-corrected chi connectivity index (χ1v) is 7.79. The first-order valence-electron chi connectivity index (χ1n) is 4.07. The zero-order chi connectivity index (χ0) is 11.4. The number of esters is 1. The third kappa shape index (κ3) is 3.78. The number of hydrogen-bond acceptors (Lipinski definition) is 7. The van der Waals surface area contributed by atoms with Crippen molar-refractivity contribution >= 4 is 43.4 Å². The lowest BCUT2D eigenvalue weighted by molar-refractivity contribution is -0.165. The van der Waals surface area contributed by atoms with Crippen molar-refractivity contribution in [1.82, 2.24) is 4.90 Å². The van der Waals surface area contributed by atoms with Crippen LogP contribution in [-0.2, 0) is 14.3 Å². The van der Waals surface area contributed by atoms with Gasteiger partial charge in [-0.3, -0.25) is 0 Å². The van der Waals surface area contributed by atoms with Crippen LogP contribution in [0.15, 0.2) is 0 Å². The lowest BCUT2D eigenvalue weighted by Gasteiger charge is -2.33. The minimum absolute atomic E-state index is 0.0459. The van der Waals surface area contributed by atoms with Gasteiger partial charge in [-0.05, 0) is 34.7 Å². The van der Waals surface area contributed by atoms with Crippen LogP contribution in [0, 0.1) is 0 Å². The van der Waals surface area contributed by atoms with Crippen molar-refractivity contribution in [2.75, 3.05) is 19.8 Å². The Morgan fingerprint density at radius 1 is 1.47 bits per heavy atom. The predicted molar refractivity (Wildman–Crippen MR) is 62.6 cm³/mol. The van der Waals surface area contributed by atoms with Gasteiger partial charge in [-0.25, -0.2) is 9.59 Å². The highest BCUT2D eigenvalue weighted by molar-refractivity contribution is 9.09. The van der Waals surface area contributed by atoms with Crippen molar-refractivity contribution in [3.8, 4) is 0 Å². The van der Waals surface area contributed by atoms with E-state index in [-0.39, 0.29) is 6.04 Å². The van der Waals surface area contributed by atoms with Gasteiger partial charge in [0.1, 0.15) is 0 Å². The fourth-order valence-electron chi connectivity index (χ4n) is 0.953. The lowest BCUT2D eigenvalue weighted by Crippen LogP contribution is -2.43. The quantitative estimate of drug-likeness (QED) is 0.451. The standard InChI is InChI=1S/C7H11NO4S3/c1-8(2)4-3-13-15-14-7(4)12-6(11)5(9)10/h4,7H,3H2,1-2H3,(H,9,10). The highest BCUT2D eigenvalue weighted by atomic mass is 33.5. The van der Waals surface area contributed by atoms with E-state index in [1.54, 1.807) is 10.8 Å². The van der Waals surface area contributed by atoms with Gasteiger partial charge in [0.2, 0.25) is 0 Å². The number of rotatable bonds is 2. The van der Waals surface area contributed by atoms with Crippen molar-refractivity contribution in [3.63, 3.8) is 0 Å². The summed E-state index contributed by atoms with van der Waals surface area (Å²) in [4.78, 5) is 23.2. The summed E-state index contributed by atoms with van der Waals surface area (Å²) in [6, 6.07) is 0.0459. The van der Waals surface area contributed by atoms with E-state index in [4.69, 9.17) is 9.84 Å². The monoisotopic (exact) mass is 269 g/mol. The number of carboxylic acids is 1. The molecule has 0 saturated carbocycles. The highest BCUT2D eigenvalue weighted by Crippen LogP contribution is 2.45. The summed E-state index contributed by atoms with van der Waals surface area (Å²) in [5.74, 6) is -1.93. The van der Waals surface area contributed by atoms with Crippen molar-refractivity contribution in [2.45, 2.75) is 11.5 Å². The molecule has 2 unspecified atom stereocenters. The van der Waals surface area contributed by atoms with Crippen molar-refractivity contribution in [1.29, 1.82) is 0 Å². The van der Waals surface area contributed by atoms with Gasteiger partial charge in [-0.15, -0.1) is 0 Å². The van der Waals surface area contributed by atoms with Gasteiger partial charge < -0.3 is 14.7 Å². The molecule has 1 N–H and O–H groups in total. The molecule has 0 aromatic rings. The Labute approximate surface area is 99.1 Å². The number of ether oxygens (including phenoxy) is 1. The molecule has 0 spiro atoms. The average Bonchev–Trinajstić information content (AvgIpc) is 2.18. The maximum atomic E-state index is 10.9. The van der Waals surface area contributed by atoms with Crippen LogP contribution in [0.2, 0.25) is 0 Å². The van der Waals surface area contributed by atoms with Gasteiger partial charge in [0.15, 0.2) is 5.44 Å². The van der Waals surface area contributed by atoms with Crippen molar-refractivity contribution < 1.29 is 19.4 Å². The average molecular weight is 269 g/mol. The Hall–Kier alpha value is -0.0500. The summed E-state index contributed by atoms with van der Waals surface area (Å²) in [6.07, 6.45) is 0. The molecule has 0 amide bonds. The molecule has 86 valence electrons. The number of aliphatic carboxylic acids is 1. The molecule has 1 heterocycles. The van der Waals surface area contributed by atoms with Gasteiger partial charge in [0, 0.05) is 5.75 Å². The zero-order valence-corrected chi connectivity index (χ0v) is 10.7. The molecule has 1 fully saturated rings. The Kier molecular flexibility index (Phi) is 5.10. The van der Waals surface area contributed by atoms with Crippen LogP contribution < -0.4 is 0 Å². The number of hydrogen-bond donors (Lipinski definition) is 1. The van der Waals surface area contributed by atoms with Crippen molar-refractivity contribution in [3.05, 3.63) is 0 Å². The van der Waals surface area contributed by atoms with Crippen LogP contribution in [-0.4, -0.2) is 53.3 Å². The fraction of sp³-hybridized carbons (Fsp3) is 0.714. The van der Waals surface area contributed by atoms with Gasteiger partial charge in [-0.2, -0.15) is 0 Å². The maximum Gasteiger partial charge on any atom is 0.418 e. The molecular weight excluding hydrogens is 258 g/mol. The first-order chi connectivity index (χ1) is 7.02. The third-order valence-corrected chi connectivity index (χ3v) is 6.12. The normalized spacial score (nSPS) is 26.3. The third-order valence-electron chi connectivity index (χ3n) is 1.80. The summed E-state index contributed by atoms with van der Waals surface area (Å²) in [5, 5.41) is 8.43. The minimum Gasteiger partial charge on any atom is -0.473 e. The largest absolute Gasteiger partial charge is 0.473 e. The van der Waals surface area contributed by atoms with E-state index in [1.165, 1.54) is 20.6 Å². The van der Waals surface area contributed by atoms with Crippen LogP contribution in [0.5, 0.6) is 0 Å². The summed E-state index contributed by atoms with van der Waals surface area (Å²) in [6.45, 7) is 0. The van der Waals surface area contributed by atoms with Gasteiger partial charge in [0.05, 0.1) is 6.04 Å². The Balaban J connectivity index is 2.57. The van der Waals surface area contributed by atoms with E-state index >= 15 is 0 Å². The summed E-state index contributed by atoms with van der Waals surface area (Å²) in [5.41, 5.74) is -0.421. The summed E-state index contributed by atoms with van der Waals surface area (Å²) < 4.78 is 4.88. The molecule has 2 atom stereocenters. The number of nitrogens with zero attached hydrogens (tertiary/aromatic N) is 1. The molecule has 1 saturated heterocycles. The Morgan fingerprint density at radius 2 is 2.13 bits per heavy atom. The molecule has 0 aromatic heterocycles. The maximum absolute atomic E-state index is 10.9. The Bertz CT molecular complexity index is 261. The SMILES string of the molecule is CN(C)C1CSSSC1OC(=O)C(=O)O. The fourth-order valence-corrected chi connectivity index (χ4v) is 5.65. The molecular formula is C7H11NO4S3. The molecule has 1 rings (SSSR count). The second-order valence-electron chi connectivity index (χ2n) is 3.06. The van der Waals surface area contributed by atoms with E-state index in [1.807, 2.05) is 19.0 Å². The van der Waals surface area contributed by atoms with Gasteiger partial charge >= 0.3 is 11.9 Å². The summed E-state index contributed by atoms with van der Waals surface area (Å²) in [7, 11) is 8.32. The molecule has 0 aliphatic carbocycles. The van der Waals surface area contributed by atoms with E-state index in [2.05, 4.69) is 0 Å². The number of carboxylic acid groups (broad SMARTS) is 1. The van der Waals surface area contributed by atoms with E-state index in [0.29, 0.717) is 0 Å². The van der Waals surface area contributed by atoms with Gasteiger partial charge in [-0.1, -0.05) is 10.8 Å². The number of carbonyl (C=O) groups is 2. The number of carbonyl (C=O) groups excluding carboxylic acids is 1. The molecule has 5 nitrogen and oxygen atoms in total. The van der Waals surface area contributed by atoms with E-state index in [9.17, 15) is 9.59 Å². The highest BCUT2D eigenvalue weighted by Gasteiger charge is 2.33. The van der Waals surface area contributed by atoms with Gasteiger partial charge in [0.25, 0.3) is 0 Å². The van der Waals surface area contributed by atoms with Crippen LogP contribution >= 0.6 is 31.4 Å².